The normalized spacial score (nSPS) is 24.0. The number of benzene rings is 2. The second-order valence-electron chi connectivity index (χ2n) is 7.76. The predicted molar refractivity (Wildman–Crippen MR) is 105 cm³/mol. The highest BCUT2D eigenvalue weighted by Crippen LogP contribution is 2.42. The maximum absolute atomic E-state index is 3.60. The standard InChI is InChI=1S/C23H27N2/c1-25(2)23(17-18-8-4-3-5-9-18)14-12-19(13-15-23)22-16-20-10-6-7-11-21(20)24-22/h3-11,19,24H,12-15,17H2,1-2H3. The SMILES string of the molecule is CN(C)C1(Cc2ccccc2)CCC(c2[c]c3ccccc3[nH]2)CC1. The van der Waals surface area contributed by atoms with E-state index in [1.54, 1.807) is 0 Å². The van der Waals surface area contributed by atoms with Crippen molar-refractivity contribution < 1.29 is 0 Å². The van der Waals surface area contributed by atoms with Gasteiger partial charge in [0, 0.05) is 28.2 Å². The average Bonchev–Trinajstić information content (AvgIpc) is 3.07. The van der Waals surface area contributed by atoms with Crippen molar-refractivity contribution in [1.29, 1.82) is 0 Å². The van der Waals surface area contributed by atoms with E-state index in [0.717, 1.165) is 6.42 Å². The maximum Gasteiger partial charge on any atom is 0.0462 e. The lowest BCUT2D eigenvalue weighted by Crippen LogP contribution is -2.48. The maximum atomic E-state index is 3.60. The molecule has 1 radical (unpaired) electrons. The van der Waals surface area contributed by atoms with E-state index in [4.69, 9.17) is 0 Å². The molecular weight excluding hydrogens is 304 g/mol. The lowest BCUT2D eigenvalue weighted by Gasteiger charge is -2.45. The largest absolute Gasteiger partial charge is 0.358 e. The van der Waals surface area contributed by atoms with Crippen LogP contribution in [0.1, 0.15) is 42.9 Å². The van der Waals surface area contributed by atoms with Crippen LogP contribution in [0.15, 0.2) is 54.6 Å². The van der Waals surface area contributed by atoms with Crippen LogP contribution in [-0.4, -0.2) is 29.5 Å². The molecule has 1 N–H and O–H groups in total. The Morgan fingerprint density at radius 1 is 1.00 bits per heavy atom. The van der Waals surface area contributed by atoms with Gasteiger partial charge in [-0.1, -0.05) is 48.5 Å². The number of para-hydroxylation sites is 1. The summed E-state index contributed by atoms with van der Waals surface area (Å²) in [6.45, 7) is 0. The van der Waals surface area contributed by atoms with Gasteiger partial charge in [-0.05, 0) is 63.7 Å². The summed E-state index contributed by atoms with van der Waals surface area (Å²) in [4.78, 5) is 6.07. The molecule has 1 saturated carbocycles. The van der Waals surface area contributed by atoms with Crippen molar-refractivity contribution in [2.75, 3.05) is 14.1 Å². The predicted octanol–water partition coefficient (Wildman–Crippen LogP) is 5.17. The molecule has 3 aromatic rings. The zero-order valence-electron chi connectivity index (χ0n) is 15.3. The Bertz CT molecular complexity index is 790. The number of aromatic nitrogens is 1. The van der Waals surface area contributed by atoms with Gasteiger partial charge in [0.2, 0.25) is 0 Å². The fourth-order valence-corrected chi connectivity index (χ4v) is 4.43. The first-order valence-corrected chi connectivity index (χ1v) is 9.38. The molecule has 0 bridgehead atoms. The molecule has 2 aromatic carbocycles. The number of likely N-dealkylation sites (N-methyl/N-ethyl adjacent to an activating group) is 1. The highest BCUT2D eigenvalue weighted by atomic mass is 15.1. The molecule has 0 unspecified atom stereocenters. The zero-order valence-corrected chi connectivity index (χ0v) is 15.3. The van der Waals surface area contributed by atoms with Crippen molar-refractivity contribution in [3.8, 4) is 0 Å². The Balaban J connectivity index is 1.51. The molecule has 2 heteroatoms. The second-order valence-corrected chi connectivity index (χ2v) is 7.76. The molecule has 1 aromatic heterocycles. The van der Waals surface area contributed by atoms with Crippen LogP contribution in [0.2, 0.25) is 0 Å². The van der Waals surface area contributed by atoms with E-state index >= 15 is 0 Å². The quantitative estimate of drug-likeness (QED) is 0.699. The number of nitrogens with zero attached hydrogens (tertiary/aromatic N) is 1. The molecule has 0 aliphatic heterocycles. The highest BCUT2D eigenvalue weighted by molar-refractivity contribution is 5.79. The molecule has 1 aliphatic carbocycles. The molecule has 2 nitrogen and oxygen atoms in total. The minimum Gasteiger partial charge on any atom is -0.358 e. The number of hydrogen-bond acceptors (Lipinski definition) is 1. The summed E-state index contributed by atoms with van der Waals surface area (Å²) in [5.41, 5.74) is 4.25. The lowest BCUT2D eigenvalue weighted by molar-refractivity contribution is 0.0921. The fourth-order valence-electron chi connectivity index (χ4n) is 4.43. The molecule has 25 heavy (non-hydrogen) atoms. The van der Waals surface area contributed by atoms with Gasteiger partial charge in [0.1, 0.15) is 0 Å². The number of fused-ring (bicyclic) bond motifs is 1. The van der Waals surface area contributed by atoms with Gasteiger partial charge >= 0.3 is 0 Å². The second kappa shape index (κ2) is 6.68. The Morgan fingerprint density at radius 3 is 2.36 bits per heavy atom. The van der Waals surface area contributed by atoms with Crippen LogP contribution in [0.5, 0.6) is 0 Å². The smallest absolute Gasteiger partial charge is 0.0462 e. The summed E-state index contributed by atoms with van der Waals surface area (Å²) in [5.74, 6) is 0.608. The minimum atomic E-state index is 0.282. The van der Waals surface area contributed by atoms with Crippen LogP contribution in [0, 0.1) is 6.07 Å². The van der Waals surface area contributed by atoms with Crippen molar-refractivity contribution in [2.45, 2.75) is 43.6 Å². The molecule has 129 valence electrons. The molecule has 0 atom stereocenters. The minimum absolute atomic E-state index is 0.282. The Morgan fingerprint density at radius 2 is 1.68 bits per heavy atom. The molecular formula is C23H27N2. The topological polar surface area (TPSA) is 19.0 Å². The summed E-state index contributed by atoms with van der Waals surface area (Å²) in [6.07, 6.45) is 6.08. The van der Waals surface area contributed by atoms with Gasteiger partial charge < -0.3 is 9.88 Å². The number of nitrogens with one attached hydrogen (secondary N) is 1. The molecule has 4 rings (SSSR count). The highest BCUT2D eigenvalue weighted by Gasteiger charge is 2.38. The van der Waals surface area contributed by atoms with Gasteiger partial charge in [-0.3, -0.25) is 0 Å². The van der Waals surface area contributed by atoms with E-state index in [1.807, 2.05) is 0 Å². The van der Waals surface area contributed by atoms with Crippen LogP contribution in [-0.2, 0) is 6.42 Å². The van der Waals surface area contributed by atoms with Crippen molar-refractivity contribution in [1.82, 2.24) is 9.88 Å². The Labute approximate surface area is 150 Å². The Hall–Kier alpha value is -2.06. The van der Waals surface area contributed by atoms with Crippen molar-refractivity contribution in [3.05, 3.63) is 71.9 Å². The van der Waals surface area contributed by atoms with E-state index in [2.05, 4.69) is 84.6 Å². The van der Waals surface area contributed by atoms with Gasteiger partial charge in [-0.2, -0.15) is 0 Å². The lowest BCUT2D eigenvalue weighted by atomic mass is 9.72. The van der Waals surface area contributed by atoms with Crippen molar-refractivity contribution in [2.24, 2.45) is 0 Å². The molecule has 1 fully saturated rings. The van der Waals surface area contributed by atoms with Crippen molar-refractivity contribution >= 4 is 10.9 Å². The van der Waals surface area contributed by atoms with Gasteiger partial charge in [-0.15, -0.1) is 0 Å². The summed E-state index contributed by atoms with van der Waals surface area (Å²) < 4.78 is 0. The molecule has 0 amide bonds. The zero-order chi connectivity index (χ0) is 17.3. The average molecular weight is 331 g/mol. The fraction of sp³-hybridized carbons (Fsp3) is 0.391. The summed E-state index contributed by atoms with van der Waals surface area (Å²) in [7, 11) is 4.50. The first kappa shape index (κ1) is 16.4. The van der Waals surface area contributed by atoms with Crippen molar-refractivity contribution in [3.63, 3.8) is 0 Å². The van der Waals surface area contributed by atoms with Gasteiger partial charge in [0.05, 0.1) is 0 Å². The number of aromatic amines is 1. The van der Waals surface area contributed by atoms with Crippen LogP contribution in [0.3, 0.4) is 0 Å². The first-order chi connectivity index (χ1) is 12.2. The first-order valence-electron chi connectivity index (χ1n) is 9.38. The van der Waals surface area contributed by atoms with E-state index in [0.29, 0.717) is 5.92 Å². The third-order valence-electron chi connectivity index (χ3n) is 6.11. The van der Waals surface area contributed by atoms with E-state index < -0.39 is 0 Å². The number of hydrogen-bond donors (Lipinski definition) is 1. The number of H-pyrrole nitrogens is 1. The molecule has 0 spiro atoms. The Kier molecular flexibility index (Phi) is 4.39. The van der Waals surface area contributed by atoms with Crippen LogP contribution >= 0.6 is 0 Å². The third kappa shape index (κ3) is 3.23. The molecule has 1 heterocycles. The summed E-state index contributed by atoms with van der Waals surface area (Å²) in [6, 6.07) is 23.0. The van der Waals surface area contributed by atoms with Gasteiger partial charge in [0.25, 0.3) is 0 Å². The van der Waals surface area contributed by atoms with Crippen LogP contribution < -0.4 is 0 Å². The van der Waals surface area contributed by atoms with Crippen LogP contribution in [0.4, 0.5) is 0 Å². The van der Waals surface area contributed by atoms with Crippen LogP contribution in [0.25, 0.3) is 10.9 Å². The van der Waals surface area contributed by atoms with E-state index in [-0.39, 0.29) is 5.54 Å². The summed E-state index contributed by atoms with van der Waals surface area (Å²) in [5, 5.41) is 1.21. The van der Waals surface area contributed by atoms with E-state index in [1.165, 1.54) is 47.8 Å². The van der Waals surface area contributed by atoms with E-state index in [9.17, 15) is 0 Å². The third-order valence-corrected chi connectivity index (χ3v) is 6.11. The summed E-state index contributed by atoms with van der Waals surface area (Å²) >= 11 is 0. The molecule has 1 aliphatic rings. The number of rotatable bonds is 4. The van der Waals surface area contributed by atoms with Gasteiger partial charge in [0.15, 0.2) is 0 Å². The molecule has 0 saturated heterocycles. The monoisotopic (exact) mass is 331 g/mol. The van der Waals surface area contributed by atoms with Gasteiger partial charge in [-0.25, -0.2) is 0 Å².